The van der Waals surface area contributed by atoms with Gasteiger partial charge in [-0.1, -0.05) is 30.7 Å². The van der Waals surface area contributed by atoms with Crippen LogP contribution in [0, 0.1) is 5.92 Å². The van der Waals surface area contributed by atoms with Crippen LogP contribution in [0.4, 0.5) is 0 Å². The van der Waals surface area contributed by atoms with Gasteiger partial charge in [0.1, 0.15) is 0 Å². The summed E-state index contributed by atoms with van der Waals surface area (Å²) in [6.45, 7) is 8.79. The molecule has 1 aromatic rings. The van der Waals surface area contributed by atoms with Gasteiger partial charge in [0.25, 0.3) is 0 Å². The third-order valence-corrected chi connectivity index (χ3v) is 5.47. The zero-order chi connectivity index (χ0) is 16.9. The van der Waals surface area contributed by atoms with Crippen molar-refractivity contribution in [3.63, 3.8) is 0 Å². The van der Waals surface area contributed by atoms with Crippen molar-refractivity contribution in [1.29, 1.82) is 0 Å². The number of benzene rings is 1. The summed E-state index contributed by atoms with van der Waals surface area (Å²) in [4.78, 5) is 17.3. The molecule has 2 heterocycles. The van der Waals surface area contributed by atoms with E-state index in [-0.39, 0.29) is 5.92 Å². The van der Waals surface area contributed by atoms with Gasteiger partial charge >= 0.3 is 0 Å². The van der Waals surface area contributed by atoms with Crippen molar-refractivity contribution >= 4 is 17.5 Å². The van der Waals surface area contributed by atoms with Gasteiger partial charge in [0.05, 0.1) is 5.92 Å². The highest BCUT2D eigenvalue weighted by atomic mass is 35.5. The molecule has 0 radical (unpaired) electrons. The van der Waals surface area contributed by atoms with Gasteiger partial charge in [-0.25, -0.2) is 0 Å². The lowest BCUT2D eigenvalue weighted by Gasteiger charge is -2.37. The molecular weight excluding hydrogens is 322 g/mol. The third kappa shape index (κ3) is 4.50. The molecule has 0 spiro atoms. The number of hydrogen-bond acceptors (Lipinski definition) is 3. The van der Waals surface area contributed by atoms with E-state index in [0.29, 0.717) is 11.8 Å². The van der Waals surface area contributed by atoms with Gasteiger partial charge in [-0.3, -0.25) is 4.79 Å². The first kappa shape index (κ1) is 17.7. The number of nitrogens with one attached hydrogen (secondary N) is 1. The first-order valence-corrected chi connectivity index (χ1v) is 9.48. The molecule has 132 valence electrons. The van der Waals surface area contributed by atoms with E-state index in [0.717, 1.165) is 63.7 Å². The maximum absolute atomic E-state index is 12.8. The molecule has 2 fully saturated rings. The van der Waals surface area contributed by atoms with E-state index < -0.39 is 0 Å². The Hall–Kier alpha value is -1.10. The van der Waals surface area contributed by atoms with E-state index in [9.17, 15) is 4.79 Å². The third-order valence-electron chi connectivity index (χ3n) is 5.23. The van der Waals surface area contributed by atoms with Gasteiger partial charge in [-0.15, -0.1) is 0 Å². The molecule has 2 saturated heterocycles. The summed E-state index contributed by atoms with van der Waals surface area (Å²) in [6, 6.07) is 8.13. The maximum atomic E-state index is 12.8. The quantitative estimate of drug-likeness (QED) is 0.907. The molecule has 1 aromatic carbocycles. The summed E-state index contributed by atoms with van der Waals surface area (Å²) >= 11 is 6.11. The lowest BCUT2D eigenvalue weighted by atomic mass is 9.94. The van der Waals surface area contributed by atoms with Crippen LogP contribution in [0.1, 0.15) is 31.2 Å². The second kappa shape index (κ2) is 8.32. The summed E-state index contributed by atoms with van der Waals surface area (Å²) in [5.41, 5.74) is 1.28. The van der Waals surface area contributed by atoms with Crippen LogP contribution in [0.3, 0.4) is 0 Å². The Labute approximate surface area is 150 Å². The topological polar surface area (TPSA) is 35.6 Å². The summed E-state index contributed by atoms with van der Waals surface area (Å²) < 4.78 is 0. The van der Waals surface area contributed by atoms with Crippen LogP contribution in [-0.4, -0.2) is 61.5 Å². The second-order valence-electron chi connectivity index (χ2n) is 7.13. The number of halogens is 1. The van der Waals surface area contributed by atoms with E-state index in [1.165, 1.54) is 5.56 Å². The highest BCUT2D eigenvalue weighted by Crippen LogP contribution is 2.24. The normalized spacial score (nSPS) is 23.9. The number of likely N-dealkylation sites (tertiary alicyclic amines) is 1. The van der Waals surface area contributed by atoms with Gasteiger partial charge in [0, 0.05) is 44.3 Å². The van der Waals surface area contributed by atoms with E-state index in [1.54, 1.807) is 0 Å². The molecule has 2 aliphatic heterocycles. The molecule has 4 nitrogen and oxygen atoms in total. The number of piperidine rings is 1. The molecule has 0 bridgehead atoms. The molecule has 0 saturated carbocycles. The zero-order valence-corrected chi connectivity index (χ0v) is 15.3. The van der Waals surface area contributed by atoms with Crippen LogP contribution in [0.5, 0.6) is 0 Å². The standard InChI is InChI=1S/C19H28ClN3O/c1-15(16-4-2-6-18(20)12-16)13-22-9-3-5-17(14-22)19(24)23-10-7-21-8-11-23/h2,4,6,12,15,17,21H,3,5,7-11,13-14H2,1H3. The molecule has 1 amide bonds. The predicted octanol–water partition coefficient (Wildman–Crippen LogP) is 2.59. The van der Waals surface area contributed by atoms with Crippen molar-refractivity contribution in [2.75, 3.05) is 45.8 Å². The summed E-state index contributed by atoms with van der Waals surface area (Å²) in [7, 11) is 0. The summed E-state index contributed by atoms with van der Waals surface area (Å²) in [6.07, 6.45) is 2.15. The number of nitrogens with zero attached hydrogens (tertiary/aromatic N) is 2. The van der Waals surface area contributed by atoms with Crippen LogP contribution in [-0.2, 0) is 4.79 Å². The Bertz CT molecular complexity index is 559. The highest BCUT2D eigenvalue weighted by molar-refractivity contribution is 6.30. The number of hydrogen-bond donors (Lipinski definition) is 1. The Morgan fingerprint density at radius 3 is 2.88 bits per heavy atom. The molecule has 2 unspecified atom stereocenters. The minimum atomic E-state index is 0.170. The first-order chi connectivity index (χ1) is 11.6. The van der Waals surface area contributed by atoms with Crippen molar-refractivity contribution in [3.05, 3.63) is 34.9 Å². The average molecular weight is 350 g/mol. The average Bonchev–Trinajstić information content (AvgIpc) is 2.62. The van der Waals surface area contributed by atoms with Crippen LogP contribution in [0.15, 0.2) is 24.3 Å². The summed E-state index contributed by atoms with van der Waals surface area (Å²) in [5, 5.41) is 4.11. The van der Waals surface area contributed by atoms with Crippen molar-refractivity contribution < 1.29 is 4.79 Å². The van der Waals surface area contributed by atoms with E-state index >= 15 is 0 Å². The fourth-order valence-electron chi connectivity index (χ4n) is 3.87. The van der Waals surface area contributed by atoms with Crippen molar-refractivity contribution in [1.82, 2.24) is 15.1 Å². The zero-order valence-electron chi connectivity index (χ0n) is 14.5. The van der Waals surface area contributed by atoms with Crippen LogP contribution in [0.2, 0.25) is 5.02 Å². The smallest absolute Gasteiger partial charge is 0.227 e. The second-order valence-corrected chi connectivity index (χ2v) is 7.57. The molecule has 1 N–H and O–H groups in total. The van der Waals surface area contributed by atoms with E-state index in [1.807, 2.05) is 17.0 Å². The number of carbonyl (C=O) groups excluding carboxylic acids is 1. The molecule has 0 aromatic heterocycles. The minimum absolute atomic E-state index is 0.170. The number of rotatable bonds is 4. The number of amides is 1. The highest BCUT2D eigenvalue weighted by Gasteiger charge is 2.30. The van der Waals surface area contributed by atoms with Crippen LogP contribution >= 0.6 is 11.6 Å². The van der Waals surface area contributed by atoms with Gasteiger partial charge in [-0.2, -0.15) is 0 Å². The van der Waals surface area contributed by atoms with Gasteiger partial charge < -0.3 is 15.1 Å². The Kier molecular flexibility index (Phi) is 6.14. The largest absolute Gasteiger partial charge is 0.340 e. The first-order valence-electron chi connectivity index (χ1n) is 9.11. The number of piperazine rings is 1. The predicted molar refractivity (Wildman–Crippen MR) is 98.5 cm³/mol. The minimum Gasteiger partial charge on any atom is -0.340 e. The van der Waals surface area contributed by atoms with Crippen LogP contribution in [0.25, 0.3) is 0 Å². The Morgan fingerprint density at radius 1 is 1.33 bits per heavy atom. The maximum Gasteiger partial charge on any atom is 0.227 e. The van der Waals surface area contributed by atoms with Crippen molar-refractivity contribution in [3.8, 4) is 0 Å². The van der Waals surface area contributed by atoms with E-state index in [4.69, 9.17) is 11.6 Å². The van der Waals surface area contributed by atoms with E-state index in [2.05, 4.69) is 29.3 Å². The van der Waals surface area contributed by atoms with Gasteiger partial charge in [0.2, 0.25) is 5.91 Å². The number of carbonyl (C=O) groups is 1. The molecular formula is C19H28ClN3O. The molecule has 0 aliphatic carbocycles. The van der Waals surface area contributed by atoms with Gasteiger partial charge in [-0.05, 0) is 43.0 Å². The molecule has 5 heteroatoms. The Morgan fingerprint density at radius 2 is 2.12 bits per heavy atom. The SMILES string of the molecule is CC(CN1CCCC(C(=O)N2CCNCC2)C1)c1cccc(Cl)c1. The monoisotopic (exact) mass is 349 g/mol. The lowest BCUT2D eigenvalue weighted by Crippen LogP contribution is -2.51. The fraction of sp³-hybridized carbons (Fsp3) is 0.632. The fourth-order valence-corrected chi connectivity index (χ4v) is 4.07. The van der Waals surface area contributed by atoms with Crippen LogP contribution < -0.4 is 5.32 Å². The molecule has 2 atom stereocenters. The lowest BCUT2D eigenvalue weighted by molar-refractivity contribution is -0.138. The molecule has 2 aliphatic rings. The van der Waals surface area contributed by atoms with Gasteiger partial charge in [0.15, 0.2) is 0 Å². The molecule has 3 rings (SSSR count). The Balaban J connectivity index is 1.56. The van der Waals surface area contributed by atoms with Crippen molar-refractivity contribution in [2.45, 2.75) is 25.7 Å². The molecule has 24 heavy (non-hydrogen) atoms. The summed E-state index contributed by atoms with van der Waals surface area (Å²) in [5.74, 6) is 0.955. The van der Waals surface area contributed by atoms with Crippen molar-refractivity contribution in [2.24, 2.45) is 5.92 Å².